The molecule has 0 aliphatic carbocycles. The van der Waals surface area contributed by atoms with Crippen LogP contribution in [0.1, 0.15) is 19.3 Å². The van der Waals surface area contributed by atoms with Gasteiger partial charge in [0.25, 0.3) is 0 Å². The highest BCUT2D eigenvalue weighted by Crippen LogP contribution is 2.38. The summed E-state index contributed by atoms with van der Waals surface area (Å²) >= 11 is 0. The molecule has 2 rings (SSSR count). The van der Waals surface area contributed by atoms with Gasteiger partial charge in [0.05, 0.1) is 13.2 Å². The van der Waals surface area contributed by atoms with Crippen molar-refractivity contribution in [2.45, 2.75) is 36.9 Å². The Morgan fingerprint density at radius 2 is 2.38 bits per heavy atom. The summed E-state index contributed by atoms with van der Waals surface area (Å²) in [5.41, 5.74) is -0.571. The van der Waals surface area contributed by atoms with Gasteiger partial charge in [-0.1, -0.05) is 0 Å². The van der Waals surface area contributed by atoms with Gasteiger partial charge in [-0.15, -0.1) is 12.4 Å². The maximum Gasteiger partial charge on any atom is 0.326 e. The highest BCUT2D eigenvalue weighted by molar-refractivity contribution is 5.85. The van der Waals surface area contributed by atoms with Crippen LogP contribution in [0.5, 0.6) is 0 Å². The van der Waals surface area contributed by atoms with Gasteiger partial charge >= 0.3 is 5.97 Å². The Hall–Kier alpha value is -0.320. The smallest absolute Gasteiger partial charge is 0.326 e. The van der Waals surface area contributed by atoms with Crippen molar-refractivity contribution in [3.8, 4) is 0 Å². The molecule has 2 aliphatic heterocycles. The van der Waals surface area contributed by atoms with Crippen LogP contribution in [0.4, 0.5) is 0 Å². The summed E-state index contributed by atoms with van der Waals surface area (Å²) in [5, 5.41) is 12.6. The van der Waals surface area contributed by atoms with Gasteiger partial charge in [-0.05, 0) is 12.8 Å². The average Bonchev–Trinajstić information content (AvgIpc) is 2.60. The van der Waals surface area contributed by atoms with Crippen molar-refractivity contribution in [2.24, 2.45) is 0 Å². The lowest BCUT2D eigenvalue weighted by Crippen LogP contribution is -2.45. The molecule has 0 radical (unpaired) electrons. The van der Waals surface area contributed by atoms with E-state index in [9.17, 15) is 9.90 Å². The third kappa shape index (κ3) is 1.43. The fourth-order valence-corrected chi connectivity index (χ4v) is 2.29. The van der Waals surface area contributed by atoms with Gasteiger partial charge in [0.2, 0.25) is 0 Å². The summed E-state index contributed by atoms with van der Waals surface area (Å²) in [7, 11) is 1.39. The van der Waals surface area contributed by atoms with E-state index in [-0.39, 0.29) is 30.5 Å². The van der Waals surface area contributed by atoms with Crippen LogP contribution in [-0.4, -0.2) is 35.9 Å². The van der Waals surface area contributed by atoms with E-state index in [0.717, 1.165) is 12.8 Å². The van der Waals surface area contributed by atoms with Crippen LogP contribution in [0.25, 0.3) is 0 Å². The van der Waals surface area contributed by atoms with Crippen LogP contribution >= 0.6 is 12.4 Å². The molecule has 2 heterocycles. The summed E-state index contributed by atoms with van der Waals surface area (Å²) < 4.78 is 4.69. The first-order chi connectivity index (χ1) is 5.68. The van der Waals surface area contributed by atoms with Gasteiger partial charge in [-0.3, -0.25) is 10.1 Å². The molecular weight excluding hydrogens is 194 g/mol. The Kier molecular flexibility index (Phi) is 2.85. The summed E-state index contributed by atoms with van der Waals surface area (Å²) in [6.07, 6.45) is 1.79. The largest absolute Gasteiger partial charge is 0.468 e. The van der Waals surface area contributed by atoms with Gasteiger partial charge in [-0.25, -0.2) is 0 Å². The number of carbonyl (C=O) groups excluding carboxylic acids is 1. The number of methoxy groups -OCH3 is 1. The number of ether oxygens (including phenoxy) is 1. The molecule has 2 saturated heterocycles. The maximum atomic E-state index is 11.3. The van der Waals surface area contributed by atoms with E-state index in [1.807, 2.05) is 0 Å². The molecule has 0 aromatic heterocycles. The molecular formula is C8H14ClNO3. The lowest BCUT2D eigenvalue weighted by molar-refractivity contribution is -0.148. The number of aliphatic hydroxyl groups excluding tert-OH is 1. The Bertz CT molecular complexity index is 219. The van der Waals surface area contributed by atoms with E-state index in [2.05, 4.69) is 5.32 Å². The maximum absolute atomic E-state index is 11.3. The van der Waals surface area contributed by atoms with E-state index in [0.29, 0.717) is 6.42 Å². The van der Waals surface area contributed by atoms with Crippen molar-refractivity contribution in [1.82, 2.24) is 5.32 Å². The monoisotopic (exact) mass is 207 g/mol. The normalized spacial score (nSPS) is 41.4. The number of nitrogens with one attached hydrogen (secondary N) is 1. The molecule has 2 aliphatic rings. The van der Waals surface area contributed by atoms with Crippen LogP contribution in [0.15, 0.2) is 0 Å². The second-order valence-corrected chi connectivity index (χ2v) is 3.63. The quantitative estimate of drug-likeness (QED) is 0.587. The number of hydrogen-bond acceptors (Lipinski definition) is 4. The lowest BCUT2D eigenvalue weighted by atomic mass is 9.86. The van der Waals surface area contributed by atoms with E-state index in [1.54, 1.807) is 0 Å². The minimum atomic E-state index is -0.571. The van der Waals surface area contributed by atoms with Crippen molar-refractivity contribution in [2.75, 3.05) is 7.11 Å². The molecule has 0 amide bonds. The minimum Gasteiger partial charge on any atom is -0.468 e. The Morgan fingerprint density at radius 1 is 1.69 bits per heavy atom. The standard InChI is InChI=1S/C8H13NO3.ClH/c1-12-7(11)8-3-2-5(9-8)6(10)4-8;/h5-6,9-10H,2-4H2,1H3;1H/t5-,6+,8+;/m1./s1. The first kappa shape index (κ1) is 10.8. The van der Waals surface area contributed by atoms with Crippen molar-refractivity contribution >= 4 is 18.4 Å². The van der Waals surface area contributed by atoms with Crippen LogP contribution in [0, 0.1) is 0 Å². The fourth-order valence-electron chi connectivity index (χ4n) is 2.29. The van der Waals surface area contributed by atoms with E-state index in [4.69, 9.17) is 4.74 Å². The van der Waals surface area contributed by atoms with Gasteiger partial charge in [0.15, 0.2) is 0 Å². The molecule has 0 saturated carbocycles. The van der Waals surface area contributed by atoms with E-state index < -0.39 is 5.54 Å². The first-order valence-electron chi connectivity index (χ1n) is 4.22. The van der Waals surface area contributed by atoms with Gasteiger partial charge in [-0.2, -0.15) is 0 Å². The third-order valence-electron chi connectivity index (χ3n) is 2.94. The molecule has 2 N–H and O–H groups in total. The summed E-state index contributed by atoms with van der Waals surface area (Å²) in [6, 6.07) is 0.101. The second kappa shape index (κ2) is 3.44. The number of fused-ring (bicyclic) bond motifs is 2. The summed E-state index contributed by atoms with van der Waals surface area (Å²) in [6.45, 7) is 0. The second-order valence-electron chi connectivity index (χ2n) is 3.63. The molecule has 0 aromatic carbocycles. The number of rotatable bonds is 1. The predicted molar refractivity (Wildman–Crippen MR) is 48.8 cm³/mol. The molecule has 5 heteroatoms. The number of carbonyl (C=O) groups is 1. The SMILES string of the molecule is COC(=O)[C@@]12CC[C@@H](N1)[C@@H](O)C2.Cl. The van der Waals surface area contributed by atoms with Crippen LogP contribution in [0.3, 0.4) is 0 Å². The fraction of sp³-hybridized carbons (Fsp3) is 0.875. The molecule has 2 bridgehead atoms. The van der Waals surface area contributed by atoms with Crippen LogP contribution in [0.2, 0.25) is 0 Å². The predicted octanol–water partition coefficient (Wildman–Crippen LogP) is -0.163. The third-order valence-corrected chi connectivity index (χ3v) is 2.94. The van der Waals surface area contributed by atoms with Crippen molar-refractivity contribution < 1.29 is 14.6 Å². The Morgan fingerprint density at radius 3 is 2.77 bits per heavy atom. The first-order valence-corrected chi connectivity index (χ1v) is 4.22. The molecule has 4 nitrogen and oxygen atoms in total. The zero-order valence-electron chi connectivity index (χ0n) is 7.45. The lowest BCUT2D eigenvalue weighted by Gasteiger charge is -2.23. The topological polar surface area (TPSA) is 58.6 Å². The molecule has 0 aromatic rings. The van der Waals surface area contributed by atoms with Crippen molar-refractivity contribution in [1.29, 1.82) is 0 Å². The molecule has 3 atom stereocenters. The number of esters is 1. The minimum absolute atomic E-state index is 0. The van der Waals surface area contributed by atoms with Crippen molar-refractivity contribution in [3.05, 3.63) is 0 Å². The van der Waals surface area contributed by atoms with Gasteiger partial charge < -0.3 is 9.84 Å². The highest BCUT2D eigenvalue weighted by atomic mass is 35.5. The number of halogens is 1. The number of hydrogen-bond donors (Lipinski definition) is 2. The molecule has 0 spiro atoms. The molecule has 2 fully saturated rings. The summed E-state index contributed by atoms with van der Waals surface area (Å²) in [4.78, 5) is 11.3. The van der Waals surface area contributed by atoms with E-state index in [1.165, 1.54) is 7.11 Å². The summed E-state index contributed by atoms with van der Waals surface area (Å²) in [5.74, 6) is -0.235. The molecule has 13 heavy (non-hydrogen) atoms. The van der Waals surface area contributed by atoms with Crippen molar-refractivity contribution in [3.63, 3.8) is 0 Å². The van der Waals surface area contributed by atoms with Crippen LogP contribution in [-0.2, 0) is 9.53 Å². The molecule has 76 valence electrons. The van der Waals surface area contributed by atoms with E-state index >= 15 is 0 Å². The molecule has 0 unspecified atom stereocenters. The zero-order chi connectivity index (χ0) is 8.77. The van der Waals surface area contributed by atoms with Crippen LogP contribution < -0.4 is 5.32 Å². The Labute approximate surface area is 83.1 Å². The highest BCUT2D eigenvalue weighted by Gasteiger charge is 2.55. The number of aliphatic hydroxyl groups is 1. The zero-order valence-corrected chi connectivity index (χ0v) is 8.26. The average molecular weight is 208 g/mol. The Balaban J connectivity index is 0.000000845. The van der Waals surface area contributed by atoms with Gasteiger partial charge in [0.1, 0.15) is 5.54 Å². The van der Waals surface area contributed by atoms with Gasteiger partial charge in [0, 0.05) is 12.5 Å².